The summed E-state index contributed by atoms with van der Waals surface area (Å²) in [4.78, 5) is 26.1. The van der Waals surface area contributed by atoms with Gasteiger partial charge < -0.3 is 15.4 Å². The molecule has 4 rings (SSSR count). The van der Waals surface area contributed by atoms with Crippen molar-refractivity contribution in [3.05, 3.63) is 35.5 Å². The lowest BCUT2D eigenvalue weighted by Gasteiger charge is -2.46. The van der Waals surface area contributed by atoms with Gasteiger partial charge in [-0.2, -0.15) is 0 Å². The molecule has 5 nitrogen and oxygen atoms in total. The van der Waals surface area contributed by atoms with Crippen molar-refractivity contribution in [2.45, 2.75) is 37.7 Å². The van der Waals surface area contributed by atoms with E-state index in [0.717, 1.165) is 36.3 Å². The lowest BCUT2D eigenvalue weighted by atomic mass is 9.81. The zero-order chi connectivity index (χ0) is 15.3. The maximum Gasteiger partial charge on any atom is 0.246 e. The highest BCUT2D eigenvalue weighted by molar-refractivity contribution is 5.96. The Hall–Kier alpha value is -2.30. The maximum absolute atomic E-state index is 12.5. The Labute approximate surface area is 128 Å². The standard InChI is InChI=1S/C17H18N2O3/c18-16(21)12-8-11-4-3-5-13-15(11)19(9-12)10-17(22-13)7-2-1-6-14(17)20/h3-5,9H,1-2,6-8,10H2,(H2,18,21). The minimum atomic E-state index is -0.777. The summed E-state index contributed by atoms with van der Waals surface area (Å²) in [5, 5.41) is 0. The first-order valence-electron chi connectivity index (χ1n) is 7.70. The second kappa shape index (κ2) is 4.60. The van der Waals surface area contributed by atoms with E-state index in [1.807, 2.05) is 23.1 Å². The number of carbonyl (C=O) groups excluding carboxylic acids is 2. The molecule has 0 bridgehead atoms. The summed E-state index contributed by atoms with van der Waals surface area (Å²) in [5.74, 6) is 0.486. The zero-order valence-corrected chi connectivity index (χ0v) is 12.3. The first-order valence-corrected chi connectivity index (χ1v) is 7.70. The summed E-state index contributed by atoms with van der Waals surface area (Å²) in [7, 11) is 0. The largest absolute Gasteiger partial charge is 0.475 e. The molecule has 1 unspecified atom stereocenters. The fraction of sp³-hybridized carbons (Fsp3) is 0.412. The van der Waals surface area contributed by atoms with E-state index in [9.17, 15) is 9.59 Å². The van der Waals surface area contributed by atoms with Gasteiger partial charge in [-0.15, -0.1) is 0 Å². The highest BCUT2D eigenvalue weighted by atomic mass is 16.5. The topological polar surface area (TPSA) is 72.6 Å². The molecule has 1 spiro atoms. The van der Waals surface area contributed by atoms with Gasteiger partial charge in [0.2, 0.25) is 5.91 Å². The number of carbonyl (C=O) groups is 2. The van der Waals surface area contributed by atoms with E-state index in [1.54, 1.807) is 6.20 Å². The Morgan fingerprint density at radius 1 is 1.32 bits per heavy atom. The van der Waals surface area contributed by atoms with Gasteiger partial charge in [0, 0.05) is 24.6 Å². The van der Waals surface area contributed by atoms with Gasteiger partial charge in [-0.1, -0.05) is 12.1 Å². The number of para-hydroxylation sites is 1. The molecule has 5 heteroatoms. The van der Waals surface area contributed by atoms with Crippen LogP contribution in [0.2, 0.25) is 0 Å². The van der Waals surface area contributed by atoms with Gasteiger partial charge in [-0.25, -0.2) is 0 Å². The van der Waals surface area contributed by atoms with Crippen LogP contribution in [0, 0.1) is 0 Å². The second-order valence-electron chi connectivity index (χ2n) is 6.31. The number of anilines is 1. The molecule has 1 fully saturated rings. The number of primary amides is 1. The number of nitrogens with zero attached hydrogens (tertiary/aromatic N) is 1. The van der Waals surface area contributed by atoms with Crippen LogP contribution < -0.4 is 15.4 Å². The molecule has 1 aromatic carbocycles. The van der Waals surface area contributed by atoms with Gasteiger partial charge in [0.15, 0.2) is 11.4 Å². The fourth-order valence-corrected chi connectivity index (χ4v) is 3.75. The van der Waals surface area contributed by atoms with Crippen LogP contribution in [-0.4, -0.2) is 23.8 Å². The SMILES string of the molecule is NC(=O)C1=CN2CC3(CCCCC3=O)Oc3cccc(c32)C1. The Morgan fingerprint density at radius 3 is 2.95 bits per heavy atom. The van der Waals surface area contributed by atoms with Crippen LogP contribution >= 0.6 is 0 Å². The van der Waals surface area contributed by atoms with Crippen molar-refractivity contribution >= 4 is 17.4 Å². The molecule has 114 valence electrons. The smallest absolute Gasteiger partial charge is 0.246 e. The molecule has 0 radical (unpaired) electrons. The molecular weight excluding hydrogens is 280 g/mol. The predicted octanol–water partition coefficient (Wildman–Crippen LogP) is 1.69. The number of rotatable bonds is 1. The normalized spacial score (nSPS) is 26.3. The summed E-state index contributed by atoms with van der Waals surface area (Å²) >= 11 is 0. The molecule has 1 amide bonds. The van der Waals surface area contributed by atoms with E-state index in [2.05, 4.69) is 0 Å². The number of hydrogen-bond donors (Lipinski definition) is 1. The molecule has 0 aromatic heterocycles. The molecule has 1 aliphatic carbocycles. The van der Waals surface area contributed by atoms with Crippen molar-refractivity contribution in [2.24, 2.45) is 5.73 Å². The van der Waals surface area contributed by atoms with Crippen molar-refractivity contribution in [2.75, 3.05) is 11.4 Å². The van der Waals surface area contributed by atoms with Crippen LogP contribution in [0.25, 0.3) is 0 Å². The quantitative estimate of drug-likeness (QED) is 0.856. The summed E-state index contributed by atoms with van der Waals surface area (Å²) in [6.45, 7) is 0.465. The molecule has 22 heavy (non-hydrogen) atoms. The van der Waals surface area contributed by atoms with Crippen molar-refractivity contribution in [3.63, 3.8) is 0 Å². The summed E-state index contributed by atoms with van der Waals surface area (Å²) < 4.78 is 6.18. The Bertz CT molecular complexity index is 710. The monoisotopic (exact) mass is 298 g/mol. The molecule has 3 aliphatic rings. The minimum absolute atomic E-state index is 0.161. The highest BCUT2D eigenvalue weighted by Gasteiger charge is 2.47. The van der Waals surface area contributed by atoms with Gasteiger partial charge in [0.05, 0.1) is 12.2 Å². The number of ketones is 1. The molecule has 2 aliphatic heterocycles. The minimum Gasteiger partial charge on any atom is -0.475 e. The van der Waals surface area contributed by atoms with E-state index in [-0.39, 0.29) is 5.78 Å². The Kier molecular flexibility index (Phi) is 2.79. The zero-order valence-electron chi connectivity index (χ0n) is 12.3. The molecular formula is C17H18N2O3. The van der Waals surface area contributed by atoms with Gasteiger partial charge in [0.25, 0.3) is 0 Å². The number of amides is 1. The molecule has 1 atom stereocenters. The van der Waals surface area contributed by atoms with Crippen LogP contribution in [0.15, 0.2) is 30.0 Å². The van der Waals surface area contributed by atoms with E-state index in [1.165, 1.54) is 0 Å². The average molecular weight is 298 g/mol. The van der Waals surface area contributed by atoms with E-state index in [0.29, 0.717) is 25.0 Å². The molecule has 2 heterocycles. The third kappa shape index (κ3) is 1.85. The second-order valence-corrected chi connectivity index (χ2v) is 6.31. The summed E-state index contributed by atoms with van der Waals surface area (Å²) in [6, 6.07) is 5.78. The highest BCUT2D eigenvalue weighted by Crippen LogP contribution is 2.45. The van der Waals surface area contributed by atoms with Gasteiger partial charge >= 0.3 is 0 Å². The van der Waals surface area contributed by atoms with Crippen LogP contribution in [0.4, 0.5) is 5.69 Å². The van der Waals surface area contributed by atoms with E-state index in [4.69, 9.17) is 10.5 Å². The van der Waals surface area contributed by atoms with Crippen LogP contribution in [0.1, 0.15) is 31.2 Å². The van der Waals surface area contributed by atoms with Gasteiger partial charge in [0.1, 0.15) is 5.75 Å². The third-order valence-corrected chi connectivity index (χ3v) is 4.85. The molecule has 0 saturated heterocycles. The Balaban J connectivity index is 1.82. The molecule has 1 saturated carbocycles. The van der Waals surface area contributed by atoms with Crippen molar-refractivity contribution in [1.82, 2.24) is 0 Å². The maximum atomic E-state index is 12.5. The Morgan fingerprint density at radius 2 is 2.18 bits per heavy atom. The fourth-order valence-electron chi connectivity index (χ4n) is 3.75. The van der Waals surface area contributed by atoms with Crippen molar-refractivity contribution < 1.29 is 14.3 Å². The number of ether oxygens (including phenoxy) is 1. The molecule has 2 N–H and O–H groups in total. The third-order valence-electron chi connectivity index (χ3n) is 4.85. The first-order chi connectivity index (χ1) is 10.6. The van der Waals surface area contributed by atoms with Crippen molar-refractivity contribution in [1.29, 1.82) is 0 Å². The number of benzene rings is 1. The number of hydrogen-bond acceptors (Lipinski definition) is 4. The lowest BCUT2D eigenvalue weighted by molar-refractivity contribution is -0.137. The van der Waals surface area contributed by atoms with Crippen molar-refractivity contribution in [3.8, 4) is 5.75 Å². The number of nitrogens with two attached hydrogens (primary N) is 1. The summed E-state index contributed by atoms with van der Waals surface area (Å²) in [6.07, 6.45) is 5.51. The summed E-state index contributed by atoms with van der Waals surface area (Å²) in [5.41, 5.74) is 7.25. The predicted molar refractivity (Wildman–Crippen MR) is 81.6 cm³/mol. The van der Waals surface area contributed by atoms with Gasteiger partial charge in [-0.3, -0.25) is 9.59 Å². The van der Waals surface area contributed by atoms with Crippen LogP contribution in [-0.2, 0) is 16.0 Å². The van der Waals surface area contributed by atoms with E-state index < -0.39 is 11.5 Å². The first kappa shape index (κ1) is 13.4. The van der Waals surface area contributed by atoms with Crippen LogP contribution in [0.3, 0.4) is 0 Å². The van der Waals surface area contributed by atoms with Gasteiger partial charge in [-0.05, 0) is 30.9 Å². The van der Waals surface area contributed by atoms with Crippen LogP contribution in [0.5, 0.6) is 5.75 Å². The average Bonchev–Trinajstić information content (AvgIpc) is 2.50. The van der Waals surface area contributed by atoms with E-state index >= 15 is 0 Å². The molecule has 1 aromatic rings. The number of Topliss-reactive ketones (excluding diaryl/α,β-unsaturated/α-hetero) is 1. The lowest BCUT2D eigenvalue weighted by Crippen LogP contribution is -2.57.